The molecule has 8 rings (SSSR count). The number of hydrogen-bond acceptors (Lipinski definition) is 0. The third-order valence-electron chi connectivity index (χ3n) is 8.13. The summed E-state index contributed by atoms with van der Waals surface area (Å²) >= 11 is 0. The van der Waals surface area contributed by atoms with Crippen LogP contribution < -0.4 is 0 Å². The van der Waals surface area contributed by atoms with E-state index in [0.29, 0.717) is 5.56 Å². The summed E-state index contributed by atoms with van der Waals surface area (Å²) in [5.74, 6) is 0. The first-order chi connectivity index (χ1) is 22.9. The first-order valence-electron chi connectivity index (χ1n) is 16.6. The minimum Gasteiger partial charge on any atom is -0.0622 e. The molecule has 0 saturated carbocycles. The van der Waals surface area contributed by atoms with E-state index >= 15 is 0 Å². The van der Waals surface area contributed by atoms with Crippen LogP contribution in [0.3, 0.4) is 0 Å². The lowest BCUT2D eigenvalue weighted by Crippen LogP contribution is -1.91. The van der Waals surface area contributed by atoms with E-state index in [1.165, 1.54) is 27.5 Å². The van der Waals surface area contributed by atoms with E-state index in [0.717, 1.165) is 38.2 Å². The SMILES string of the molecule is [2H]c1c([2H])c([2H])c(-c2ccc3ccc(-c4c5ccccc5c(-c5ccc(-c6ccccc6)cc5)c5ccccc45)cc3c2)c([2H])c1[2H]. The van der Waals surface area contributed by atoms with Crippen molar-refractivity contribution in [3.05, 3.63) is 170 Å². The van der Waals surface area contributed by atoms with Gasteiger partial charge in [-0.3, -0.25) is 0 Å². The van der Waals surface area contributed by atoms with Crippen LogP contribution in [0.5, 0.6) is 0 Å². The highest BCUT2D eigenvalue weighted by Gasteiger charge is 2.17. The van der Waals surface area contributed by atoms with Crippen LogP contribution in [0.2, 0.25) is 0 Å². The maximum Gasteiger partial charge on any atom is 0.0629 e. The Bertz CT molecular complexity index is 2410. The predicted octanol–water partition coefficient (Wildman–Crippen LogP) is 11.8. The fourth-order valence-corrected chi connectivity index (χ4v) is 6.16. The Kier molecular flexibility index (Phi) is 4.75. The Morgan fingerprint density at radius 1 is 0.310 bits per heavy atom. The average Bonchev–Trinajstić information content (AvgIpc) is 3.12. The molecule has 0 saturated heterocycles. The highest BCUT2D eigenvalue weighted by molar-refractivity contribution is 6.21. The molecule has 0 fully saturated rings. The van der Waals surface area contributed by atoms with Crippen LogP contribution in [-0.2, 0) is 0 Å². The molecule has 0 amide bonds. The van der Waals surface area contributed by atoms with Crippen molar-refractivity contribution in [2.75, 3.05) is 0 Å². The molecule has 0 unspecified atom stereocenters. The second kappa shape index (κ2) is 10.2. The zero-order valence-corrected chi connectivity index (χ0v) is 22.8. The van der Waals surface area contributed by atoms with Crippen LogP contribution in [0, 0.1) is 0 Å². The first kappa shape index (κ1) is 19.6. The van der Waals surface area contributed by atoms with Gasteiger partial charge in [-0.05, 0) is 89.0 Å². The summed E-state index contributed by atoms with van der Waals surface area (Å²) in [5.41, 5.74) is 7.71. The highest BCUT2D eigenvalue weighted by Crippen LogP contribution is 2.44. The molecule has 0 nitrogen and oxygen atoms in total. The van der Waals surface area contributed by atoms with Crippen molar-refractivity contribution in [2.45, 2.75) is 0 Å². The fourth-order valence-electron chi connectivity index (χ4n) is 6.16. The van der Waals surface area contributed by atoms with Gasteiger partial charge < -0.3 is 0 Å². The Balaban J connectivity index is 1.33. The van der Waals surface area contributed by atoms with Crippen LogP contribution in [0.1, 0.15) is 6.85 Å². The molecule has 0 aliphatic rings. The molecule has 0 spiro atoms. The van der Waals surface area contributed by atoms with Crippen molar-refractivity contribution < 1.29 is 6.85 Å². The van der Waals surface area contributed by atoms with Gasteiger partial charge in [-0.25, -0.2) is 0 Å². The standard InChI is InChI=1S/C42H28/c1-3-11-29(12-4-1)31-19-23-33(24-20-31)41-37-15-7-9-17-39(37)42(40-18-10-8-16-38(40)41)35-26-22-32-21-25-34(27-36(32)28-35)30-13-5-2-6-14-30/h1-28H/i2D,5D,6D,13D,14D. The van der Waals surface area contributed by atoms with Gasteiger partial charge in [0.1, 0.15) is 0 Å². The van der Waals surface area contributed by atoms with E-state index in [4.69, 9.17) is 6.85 Å². The van der Waals surface area contributed by atoms with Gasteiger partial charge in [0.25, 0.3) is 0 Å². The Morgan fingerprint density at radius 3 is 1.38 bits per heavy atom. The predicted molar refractivity (Wildman–Crippen MR) is 181 cm³/mol. The minimum atomic E-state index is -0.388. The van der Waals surface area contributed by atoms with Crippen LogP contribution in [-0.4, -0.2) is 0 Å². The number of fused-ring (bicyclic) bond motifs is 3. The van der Waals surface area contributed by atoms with Gasteiger partial charge in [0, 0.05) is 0 Å². The molecule has 0 bridgehead atoms. The van der Waals surface area contributed by atoms with E-state index in [2.05, 4.69) is 115 Å². The first-order valence-corrected chi connectivity index (χ1v) is 14.1. The molecule has 8 aromatic rings. The van der Waals surface area contributed by atoms with Gasteiger partial charge in [0.2, 0.25) is 0 Å². The van der Waals surface area contributed by atoms with Crippen molar-refractivity contribution >= 4 is 32.3 Å². The summed E-state index contributed by atoms with van der Waals surface area (Å²) < 4.78 is 41.4. The molecule has 8 aromatic carbocycles. The maximum atomic E-state index is 8.51. The van der Waals surface area contributed by atoms with Crippen LogP contribution in [0.25, 0.3) is 76.8 Å². The third kappa shape index (κ3) is 4.17. The second-order valence-electron chi connectivity index (χ2n) is 10.6. The van der Waals surface area contributed by atoms with Crippen LogP contribution in [0.15, 0.2) is 170 Å². The molecule has 196 valence electrons. The maximum absolute atomic E-state index is 8.51. The minimum absolute atomic E-state index is 0.198. The van der Waals surface area contributed by atoms with Crippen LogP contribution >= 0.6 is 0 Å². The summed E-state index contributed by atoms with van der Waals surface area (Å²) in [6.45, 7) is 0. The van der Waals surface area contributed by atoms with Gasteiger partial charge in [-0.2, -0.15) is 0 Å². The largest absolute Gasteiger partial charge is 0.0629 e. The summed E-state index contributed by atoms with van der Waals surface area (Å²) in [5, 5.41) is 6.57. The Labute approximate surface area is 253 Å². The fraction of sp³-hybridized carbons (Fsp3) is 0. The zero-order valence-electron chi connectivity index (χ0n) is 27.8. The molecule has 0 heterocycles. The van der Waals surface area contributed by atoms with Crippen molar-refractivity contribution in [1.29, 1.82) is 0 Å². The van der Waals surface area contributed by atoms with Gasteiger partial charge in [-0.15, -0.1) is 0 Å². The topological polar surface area (TPSA) is 0 Å². The monoisotopic (exact) mass is 537 g/mol. The highest BCUT2D eigenvalue weighted by atomic mass is 14.2. The van der Waals surface area contributed by atoms with E-state index in [-0.39, 0.29) is 35.8 Å². The molecular weight excluding hydrogens is 504 g/mol. The van der Waals surface area contributed by atoms with E-state index in [1.807, 2.05) is 24.3 Å². The molecule has 0 radical (unpaired) electrons. The molecule has 42 heavy (non-hydrogen) atoms. The van der Waals surface area contributed by atoms with Gasteiger partial charge in [-0.1, -0.05) is 158 Å². The van der Waals surface area contributed by atoms with Crippen molar-refractivity contribution in [2.24, 2.45) is 0 Å². The average molecular weight is 538 g/mol. The van der Waals surface area contributed by atoms with Crippen molar-refractivity contribution in [3.8, 4) is 44.5 Å². The molecular formula is C42H28. The smallest absolute Gasteiger partial charge is 0.0622 e. The lowest BCUT2D eigenvalue weighted by molar-refractivity contribution is 1.61. The summed E-state index contributed by atoms with van der Waals surface area (Å²) in [7, 11) is 0. The molecule has 0 aromatic heterocycles. The second-order valence-corrected chi connectivity index (χ2v) is 10.6. The number of benzene rings is 8. The Morgan fingerprint density at radius 2 is 0.762 bits per heavy atom. The molecule has 0 atom stereocenters. The molecule has 0 N–H and O–H groups in total. The van der Waals surface area contributed by atoms with Crippen molar-refractivity contribution in [1.82, 2.24) is 0 Å². The molecule has 0 heteroatoms. The van der Waals surface area contributed by atoms with Gasteiger partial charge in [0.05, 0.1) is 6.85 Å². The van der Waals surface area contributed by atoms with E-state index < -0.39 is 0 Å². The van der Waals surface area contributed by atoms with Crippen LogP contribution in [0.4, 0.5) is 0 Å². The third-order valence-corrected chi connectivity index (χ3v) is 8.13. The lowest BCUT2D eigenvalue weighted by Gasteiger charge is -2.18. The van der Waals surface area contributed by atoms with Gasteiger partial charge >= 0.3 is 0 Å². The summed E-state index contributed by atoms with van der Waals surface area (Å²) in [6, 6.07) is 47.0. The zero-order chi connectivity index (χ0) is 32.2. The van der Waals surface area contributed by atoms with Gasteiger partial charge in [0.15, 0.2) is 0 Å². The molecule has 0 aliphatic carbocycles. The normalized spacial score (nSPS) is 13.0. The summed E-state index contributed by atoms with van der Waals surface area (Å²) in [6.07, 6.45) is 0. The Hall–Kier alpha value is -5.46. The number of rotatable bonds is 4. The number of hydrogen-bond donors (Lipinski definition) is 0. The van der Waals surface area contributed by atoms with E-state index in [1.54, 1.807) is 0 Å². The quantitative estimate of drug-likeness (QED) is 0.196. The molecule has 0 aliphatic heterocycles. The van der Waals surface area contributed by atoms with Crippen molar-refractivity contribution in [3.63, 3.8) is 0 Å². The summed E-state index contributed by atoms with van der Waals surface area (Å²) in [4.78, 5) is 0. The lowest BCUT2D eigenvalue weighted by atomic mass is 9.85. The van der Waals surface area contributed by atoms with E-state index in [9.17, 15) is 0 Å².